The minimum atomic E-state index is 0.497. The van der Waals surface area contributed by atoms with Crippen molar-refractivity contribution in [2.45, 2.75) is 19.5 Å². The zero-order valence-corrected chi connectivity index (χ0v) is 14.1. The number of aromatic nitrogens is 3. The van der Waals surface area contributed by atoms with Crippen LogP contribution in [0.5, 0.6) is 5.88 Å². The second-order valence-electron chi connectivity index (χ2n) is 5.89. The van der Waals surface area contributed by atoms with E-state index in [1.165, 1.54) is 5.56 Å². The fourth-order valence-corrected chi connectivity index (χ4v) is 2.81. The number of ether oxygens (including phenoxy) is 1. The Morgan fingerprint density at radius 2 is 1.92 bits per heavy atom. The molecule has 0 radical (unpaired) electrons. The van der Waals surface area contributed by atoms with Gasteiger partial charge in [-0.05, 0) is 31.6 Å². The van der Waals surface area contributed by atoms with Gasteiger partial charge in [0.25, 0.3) is 0 Å². The van der Waals surface area contributed by atoms with Crippen LogP contribution >= 0.6 is 0 Å². The molecular weight excluding hydrogens is 302 g/mol. The molecule has 0 saturated carbocycles. The van der Waals surface area contributed by atoms with Crippen LogP contribution in [0.1, 0.15) is 12.0 Å². The molecule has 0 bridgehead atoms. The molecule has 0 spiro atoms. The molecule has 6 heteroatoms. The summed E-state index contributed by atoms with van der Waals surface area (Å²) in [6.45, 7) is 2.69. The lowest BCUT2D eigenvalue weighted by Gasteiger charge is -2.17. The molecule has 3 rings (SSSR count). The van der Waals surface area contributed by atoms with Crippen molar-refractivity contribution in [2.24, 2.45) is 0 Å². The van der Waals surface area contributed by atoms with Gasteiger partial charge in [-0.1, -0.05) is 30.3 Å². The number of nitrogens with two attached hydrogens (primary N) is 1. The highest BCUT2D eigenvalue weighted by Gasteiger charge is 2.11. The monoisotopic (exact) mass is 325 g/mol. The number of anilines is 1. The third-order valence-corrected chi connectivity index (χ3v) is 4.02. The molecule has 1 aromatic carbocycles. The number of rotatable bonds is 7. The molecule has 2 heterocycles. The summed E-state index contributed by atoms with van der Waals surface area (Å²) in [5, 5.41) is 0. The van der Waals surface area contributed by atoms with E-state index < -0.39 is 0 Å². The topological polar surface area (TPSA) is 69.2 Å². The SMILES string of the molecule is COc1ccc2nc(N)n(CCCN(C)Cc3ccccc3)c2n1. The quantitative estimate of drug-likeness (QED) is 0.723. The molecule has 0 atom stereocenters. The summed E-state index contributed by atoms with van der Waals surface area (Å²) in [6.07, 6.45) is 0.970. The first-order valence-electron chi connectivity index (χ1n) is 8.06. The number of hydrogen-bond donors (Lipinski definition) is 1. The Labute approximate surface area is 141 Å². The van der Waals surface area contributed by atoms with Crippen molar-refractivity contribution < 1.29 is 4.74 Å². The Hall–Kier alpha value is -2.60. The van der Waals surface area contributed by atoms with Gasteiger partial charge in [-0.2, -0.15) is 4.98 Å². The zero-order valence-electron chi connectivity index (χ0n) is 14.1. The molecule has 0 amide bonds. The van der Waals surface area contributed by atoms with Crippen molar-refractivity contribution in [3.8, 4) is 5.88 Å². The highest BCUT2D eigenvalue weighted by Crippen LogP contribution is 2.19. The van der Waals surface area contributed by atoms with Crippen LogP contribution < -0.4 is 10.5 Å². The van der Waals surface area contributed by atoms with Crippen molar-refractivity contribution in [1.29, 1.82) is 0 Å². The molecule has 3 aromatic rings. The fraction of sp³-hybridized carbons (Fsp3) is 0.333. The van der Waals surface area contributed by atoms with Gasteiger partial charge in [0.15, 0.2) is 5.65 Å². The average molecular weight is 325 g/mol. The van der Waals surface area contributed by atoms with Gasteiger partial charge in [-0.25, -0.2) is 4.98 Å². The van der Waals surface area contributed by atoms with Gasteiger partial charge >= 0.3 is 0 Å². The molecule has 2 N–H and O–H groups in total. The first kappa shape index (κ1) is 16.3. The predicted octanol–water partition coefficient (Wildman–Crippen LogP) is 2.54. The number of benzene rings is 1. The van der Waals surface area contributed by atoms with Gasteiger partial charge in [-0.15, -0.1) is 0 Å². The maximum absolute atomic E-state index is 6.04. The Morgan fingerprint density at radius 3 is 2.67 bits per heavy atom. The number of hydrogen-bond acceptors (Lipinski definition) is 5. The van der Waals surface area contributed by atoms with E-state index >= 15 is 0 Å². The normalized spacial score (nSPS) is 11.3. The fourth-order valence-electron chi connectivity index (χ4n) is 2.81. The van der Waals surface area contributed by atoms with Crippen LogP contribution in [0.25, 0.3) is 11.2 Å². The molecule has 0 fully saturated rings. The summed E-state index contributed by atoms with van der Waals surface area (Å²) in [4.78, 5) is 11.1. The Morgan fingerprint density at radius 1 is 1.12 bits per heavy atom. The predicted molar refractivity (Wildman–Crippen MR) is 95.9 cm³/mol. The number of nitrogens with zero attached hydrogens (tertiary/aromatic N) is 4. The van der Waals surface area contributed by atoms with E-state index in [1.807, 2.05) is 16.7 Å². The van der Waals surface area contributed by atoms with Crippen molar-refractivity contribution >= 4 is 17.1 Å². The third-order valence-electron chi connectivity index (χ3n) is 4.02. The lowest BCUT2D eigenvalue weighted by Crippen LogP contribution is -2.20. The highest BCUT2D eigenvalue weighted by atomic mass is 16.5. The van der Waals surface area contributed by atoms with Crippen LogP contribution in [0.4, 0.5) is 5.95 Å². The summed E-state index contributed by atoms with van der Waals surface area (Å²) in [7, 11) is 3.74. The van der Waals surface area contributed by atoms with E-state index in [4.69, 9.17) is 10.5 Å². The molecule has 24 heavy (non-hydrogen) atoms. The van der Waals surface area contributed by atoms with Gasteiger partial charge in [0, 0.05) is 19.2 Å². The van der Waals surface area contributed by atoms with Crippen LogP contribution in [0, 0.1) is 0 Å². The van der Waals surface area contributed by atoms with E-state index in [1.54, 1.807) is 13.2 Å². The van der Waals surface area contributed by atoms with Crippen LogP contribution in [0.15, 0.2) is 42.5 Å². The number of methoxy groups -OCH3 is 1. The Balaban J connectivity index is 1.62. The van der Waals surface area contributed by atoms with Crippen LogP contribution in [-0.2, 0) is 13.1 Å². The average Bonchev–Trinajstić information content (AvgIpc) is 2.90. The first-order chi connectivity index (χ1) is 11.7. The number of nitrogen functional groups attached to an aromatic ring is 1. The third kappa shape index (κ3) is 3.65. The molecule has 0 aliphatic carbocycles. The van der Waals surface area contributed by atoms with Gasteiger partial charge in [-0.3, -0.25) is 4.57 Å². The minimum Gasteiger partial charge on any atom is -0.481 e. The molecular formula is C18H23N5O. The van der Waals surface area contributed by atoms with Crippen molar-refractivity contribution in [3.05, 3.63) is 48.0 Å². The van der Waals surface area contributed by atoms with E-state index in [-0.39, 0.29) is 0 Å². The molecule has 0 aliphatic heterocycles. The summed E-state index contributed by atoms with van der Waals surface area (Å²) < 4.78 is 7.15. The minimum absolute atomic E-state index is 0.497. The number of aryl methyl sites for hydroxylation is 1. The lowest BCUT2D eigenvalue weighted by molar-refractivity contribution is 0.315. The summed E-state index contributed by atoms with van der Waals surface area (Å²) >= 11 is 0. The molecule has 0 unspecified atom stereocenters. The van der Waals surface area contributed by atoms with Gasteiger partial charge < -0.3 is 15.4 Å². The Bertz CT molecular complexity index is 800. The lowest BCUT2D eigenvalue weighted by atomic mass is 10.2. The molecule has 126 valence electrons. The van der Waals surface area contributed by atoms with Gasteiger partial charge in [0.2, 0.25) is 11.8 Å². The maximum atomic E-state index is 6.04. The van der Waals surface area contributed by atoms with E-state index in [9.17, 15) is 0 Å². The van der Waals surface area contributed by atoms with Crippen molar-refractivity contribution in [2.75, 3.05) is 26.4 Å². The van der Waals surface area contributed by atoms with Crippen LogP contribution in [0.2, 0.25) is 0 Å². The van der Waals surface area contributed by atoms with Crippen LogP contribution in [0.3, 0.4) is 0 Å². The number of fused-ring (bicyclic) bond motifs is 1. The summed E-state index contributed by atoms with van der Waals surface area (Å²) in [6, 6.07) is 14.2. The zero-order chi connectivity index (χ0) is 16.9. The second kappa shape index (κ2) is 7.31. The molecule has 0 saturated heterocycles. The standard InChI is InChI=1S/C18H23N5O/c1-22(13-14-7-4-3-5-8-14)11-6-12-23-17-15(20-18(23)19)9-10-16(21-17)24-2/h3-5,7-10H,6,11-13H2,1-2H3,(H2,19,20). The summed E-state index contributed by atoms with van der Waals surface area (Å²) in [5.41, 5.74) is 8.93. The van der Waals surface area contributed by atoms with Crippen molar-refractivity contribution in [1.82, 2.24) is 19.4 Å². The smallest absolute Gasteiger partial charge is 0.215 e. The van der Waals surface area contributed by atoms with Crippen molar-refractivity contribution in [3.63, 3.8) is 0 Å². The highest BCUT2D eigenvalue weighted by molar-refractivity contribution is 5.74. The number of pyridine rings is 1. The van der Waals surface area contributed by atoms with E-state index in [2.05, 4.69) is 46.2 Å². The first-order valence-corrected chi connectivity index (χ1v) is 8.06. The van der Waals surface area contributed by atoms with Gasteiger partial charge in [0.05, 0.1) is 7.11 Å². The van der Waals surface area contributed by atoms with E-state index in [0.717, 1.165) is 37.2 Å². The summed E-state index contributed by atoms with van der Waals surface area (Å²) in [5.74, 6) is 1.07. The maximum Gasteiger partial charge on any atom is 0.215 e. The molecule has 2 aromatic heterocycles. The van der Waals surface area contributed by atoms with Crippen LogP contribution in [-0.4, -0.2) is 40.1 Å². The van der Waals surface area contributed by atoms with E-state index in [0.29, 0.717) is 11.8 Å². The largest absolute Gasteiger partial charge is 0.481 e. The molecule has 6 nitrogen and oxygen atoms in total. The molecule has 0 aliphatic rings. The second-order valence-corrected chi connectivity index (χ2v) is 5.89. The van der Waals surface area contributed by atoms with Gasteiger partial charge in [0.1, 0.15) is 5.52 Å². The number of imidazole rings is 1. The Kier molecular flexibility index (Phi) is 4.96.